The molecule has 108 valence electrons. The van der Waals surface area contributed by atoms with Crippen molar-refractivity contribution in [1.29, 1.82) is 0 Å². The van der Waals surface area contributed by atoms with Gasteiger partial charge in [0.1, 0.15) is 0 Å². The SMILES string of the molecule is Cc1nc(SCc2csc3ccccc23)sc1CC(=O)O. The molecule has 2 aromatic heterocycles. The van der Waals surface area contributed by atoms with Gasteiger partial charge in [0.05, 0.1) is 12.1 Å². The minimum Gasteiger partial charge on any atom is -0.481 e. The number of aryl methyl sites for hydroxylation is 1. The minimum absolute atomic E-state index is 0.0610. The highest BCUT2D eigenvalue weighted by atomic mass is 32.2. The molecule has 1 aromatic carbocycles. The molecule has 0 spiro atoms. The van der Waals surface area contributed by atoms with Crippen LogP contribution in [0.15, 0.2) is 34.0 Å². The monoisotopic (exact) mass is 335 g/mol. The van der Waals surface area contributed by atoms with Crippen molar-refractivity contribution in [3.8, 4) is 0 Å². The Morgan fingerprint density at radius 1 is 1.38 bits per heavy atom. The molecule has 21 heavy (non-hydrogen) atoms. The second-order valence-electron chi connectivity index (χ2n) is 4.60. The summed E-state index contributed by atoms with van der Waals surface area (Å²) in [7, 11) is 0. The van der Waals surface area contributed by atoms with E-state index in [2.05, 4.69) is 34.6 Å². The Labute approximate surface area is 134 Å². The van der Waals surface area contributed by atoms with E-state index < -0.39 is 5.97 Å². The van der Waals surface area contributed by atoms with E-state index in [9.17, 15) is 4.79 Å². The molecule has 0 unspecified atom stereocenters. The number of nitrogens with zero attached hydrogens (tertiary/aromatic N) is 1. The summed E-state index contributed by atoms with van der Waals surface area (Å²) in [6.45, 7) is 1.87. The Hall–Kier alpha value is -1.37. The highest BCUT2D eigenvalue weighted by Gasteiger charge is 2.12. The van der Waals surface area contributed by atoms with E-state index in [1.54, 1.807) is 23.1 Å². The number of benzene rings is 1. The van der Waals surface area contributed by atoms with Gasteiger partial charge in [0.2, 0.25) is 0 Å². The number of aromatic nitrogens is 1. The van der Waals surface area contributed by atoms with E-state index in [-0.39, 0.29) is 6.42 Å². The largest absolute Gasteiger partial charge is 0.481 e. The third-order valence-electron chi connectivity index (χ3n) is 3.10. The van der Waals surface area contributed by atoms with Gasteiger partial charge < -0.3 is 5.11 Å². The maximum absolute atomic E-state index is 10.8. The highest BCUT2D eigenvalue weighted by Crippen LogP contribution is 2.34. The van der Waals surface area contributed by atoms with Crippen molar-refractivity contribution in [1.82, 2.24) is 4.98 Å². The van der Waals surface area contributed by atoms with E-state index in [4.69, 9.17) is 5.11 Å². The number of hydrogen-bond acceptors (Lipinski definition) is 5. The lowest BCUT2D eigenvalue weighted by molar-refractivity contribution is -0.136. The molecule has 0 aliphatic heterocycles. The number of thioether (sulfide) groups is 1. The Bertz CT molecular complexity index is 791. The van der Waals surface area contributed by atoms with Gasteiger partial charge >= 0.3 is 5.97 Å². The third kappa shape index (κ3) is 3.28. The highest BCUT2D eigenvalue weighted by molar-refractivity contribution is 8.00. The number of carboxylic acid groups (broad SMARTS) is 1. The summed E-state index contributed by atoms with van der Waals surface area (Å²) in [5.41, 5.74) is 2.15. The van der Waals surface area contributed by atoms with Crippen molar-refractivity contribution >= 4 is 50.5 Å². The van der Waals surface area contributed by atoms with Crippen LogP contribution in [0.3, 0.4) is 0 Å². The van der Waals surface area contributed by atoms with E-state index in [1.165, 1.54) is 27.0 Å². The summed E-state index contributed by atoms with van der Waals surface area (Å²) in [6, 6.07) is 8.39. The molecule has 3 nitrogen and oxygen atoms in total. The zero-order valence-electron chi connectivity index (χ0n) is 11.3. The molecule has 2 heterocycles. The first-order valence-electron chi connectivity index (χ1n) is 6.39. The number of carboxylic acids is 1. The van der Waals surface area contributed by atoms with Crippen LogP contribution in [0.5, 0.6) is 0 Å². The molecule has 0 bridgehead atoms. The molecular weight excluding hydrogens is 322 g/mol. The summed E-state index contributed by atoms with van der Waals surface area (Å²) in [5.74, 6) is 0.0610. The van der Waals surface area contributed by atoms with Crippen molar-refractivity contribution in [2.75, 3.05) is 0 Å². The van der Waals surface area contributed by atoms with Gasteiger partial charge in [-0.1, -0.05) is 30.0 Å². The van der Waals surface area contributed by atoms with Crippen LogP contribution in [0.2, 0.25) is 0 Å². The molecule has 0 aliphatic rings. The van der Waals surface area contributed by atoms with Gasteiger partial charge in [-0.2, -0.15) is 0 Å². The Kier molecular flexibility index (Phi) is 4.28. The normalized spacial score (nSPS) is 11.1. The van der Waals surface area contributed by atoms with Gasteiger partial charge in [0.15, 0.2) is 4.34 Å². The summed E-state index contributed by atoms with van der Waals surface area (Å²) in [5, 5.41) is 12.4. The molecule has 3 rings (SSSR count). The Morgan fingerprint density at radius 3 is 3.00 bits per heavy atom. The van der Waals surface area contributed by atoms with Crippen molar-refractivity contribution in [3.63, 3.8) is 0 Å². The second-order valence-corrected chi connectivity index (χ2v) is 7.82. The van der Waals surface area contributed by atoms with Crippen LogP contribution < -0.4 is 0 Å². The van der Waals surface area contributed by atoms with Crippen LogP contribution in [-0.2, 0) is 17.0 Å². The number of fused-ring (bicyclic) bond motifs is 1. The van der Waals surface area contributed by atoms with E-state index >= 15 is 0 Å². The third-order valence-corrected chi connectivity index (χ3v) is 6.46. The molecule has 0 saturated heterocycles. The van der Waals surface area contributed by atoms with Gasteiger partial charge in [-0.05, 0) is 29.3 Å². The predicted octanol–water partition coefficient (Wildman–Crippen LogP) is 4.59. The number of aliphatic carboxylic acids is 1. The average molecular weight is 335 g/mol. The summed E-state index contributed by atoms with van der Waals surface area (Å²) < 4.78 is 2.24. The van der Waals surface area contributed by atoms with Crippen molar-refractivity contribution < 1.29 is 9.90 Å². The second kappa shape index (κ2) is 6.17. The Balaban J connectivity index is 1.74. The maximum atomic E-state index is 10.8. The van der Waals surface area contributed by atoms with Crippen LogP contribution in [-0.4, -0.2) is 16.1 Å². The van der Waals surface area contributed by atoms with Gasteiger partial charge in [-0.15, -0.1) is 22.7 Å². The van der Waals surface area contributed by atoms with Crippen molar-refractivity contribution in [3.05, 3.63) is 45.8 Å². The lowest BCUT2D eigenvalue weighted by atomic mass is 10.2. The van der Waals surface area contributed by atoms with Crippen molar-refractivity contribution in [2.24, 2.45) is 0 Å². The lowest BCUT2D eigenvalue weighted by Gasteiger charge is -1.97. The molecule has 0 fully saturated rings. The molecule has 0 aliphatic carbocycles. The number of thiazole rings is 1. The first kappa shape index (κ1) is 14.6. The summed E-state index contributed by atoms with van der Waals surface area (Å²) >= 11 is 4.92. The molecule has 0 amide bonds. The fourth-order valence-electron chi connectivity index (χ4n) is 2.05. The standard InChI is InChI=1S/C15H13NO2S3/c1-9-13(6-14(17)18)21-15(16-9)20-8-10-7-19-12-5-3-2-4-11(10)12/h2-5,7H,6,8H2,1H3,(H,17,18). The molecule has 6 heteroatoms. The zero-order valence-corrected chi connectivity index (χ0v) is 13.8. The summed E-state index contributed by atoms with van der Waals surface area (Å²) in [6.07, 6.45) is 0.0610. The number of rotatable bonds is 5. The smallest absolute Gasteiger partial charge is 0.308 e. The van der Waals surface area contributed by atoms with Crippen LogP contribution >= 0.6 is 34.4 Å². The van der Waals surface area contributed by atoms with E-state index in [1.807, 2.05) is 6.92 Å². The lowest BCUT2D eigenvalue weighted by Crippen LogP contribution is -1.99. The predicted molar refractivity (Wildman–Crippen MR) is 89.6 cm³/mol. The number of hydrogen-bond donors (Lipinski definition) is 1. The van der Waals surface area contributed by atoms with Crippen LogP contribution in [0.1, 0.15) is 16.1 Å². The van der Waals surface area contributed by atoms with Crippen LogP contribution in [0.25, 0.3) is 10.1 Å². The quantitative estimate of drug-likeness (QED) is 0.693. The molecule has 1 N–H and O–H groups in total. The van der Waals surface area contributed by atoms with Crippen molar-refractivity contribution in [2.45, 2.75) is 23.4 Å². The Morgan fingerprint density at radius 2 is 2.19 bits per heavy atom. The topological polar surface area (TPSA) is 50.2 Å². The summed E-state index contributed by atoms with van der Waals surface area (Å²) in [4.78, 5) is 16.1. The fraction of sp³-hybridized carbons (Fsp3) is 0.200. The first-order valence-corrected chi connectivity index (χ1v) is 9.07. The molecule has 0 radical (unpaired) electrons. The fourth-order valence-corrected chi connectivity index (χ4v) is 5.33. The van der Waals surface area contributed by atoms with Gasteiger partial charge in [0, 0.05) is 15.3 Å². The molecule has 0 atom stereocenters. The van der Waals surface area contributed by atoms with Gasteiger partial charge in [-0.3, -0.25) is 4.79 Å². The molecule has 0 saturated carbocycles. The number of thiophene rings is 1. The van der Waals surface area contributed by atoms with Gasteiger partial charge in [0.25, 0.3) is 0 Å². The maximum Gasteiger partial charge on any atom is 0.308 e. The van der Waals surface area contributed by atoms with Gasteiger partial charge in [-0.25, -0.2) is 4.98 Å². The molecule has 3 aromatic rings. The minimum atomic E-state index is -0.804. The van der Waals surface area contributed by atoms with Crippen LogP contribution in [0, 0.1) is 6.92 Å². The molecular formula is C15H13NO2S3. The average Bonchev–Trinajstić information content (AvgIpc) is 3.00. The first-order chi connectivity index (χ1) is 10.1. The van der Waals surface area contributed by atoms with Crippen LogP contribution in [0.4, 0.5) is 0 Å². The van der Waals surface area contributed by atoms with E-state index in [0.717, 1.165) is 20.7 Å². The van der Waals surface area contributed by atoms with E-state index in [0.29, 0.717) is 0 Å². The zero-order chi connectivity index (χ0) is 14.8. The number of carbonyl (C=O) groups is 1.